The topological polar surface area (TPSA) is 111 Å². The lowest BCUT2D eigenvalue weighted by Gasteiger charge is -2.28. The number of carbonyl (C=O) groups excluding carboxylic acids is 1. The van der Waals surface area contributed by atoms with Crippen LogP contribution in [0, 0.1) is 5.82 Å². The second kappa shape index (κ2) is 8.30. The zero-order valence-corrected chi connectivity index (χ0v) is 20.9. The summed E-state index contributed by atoms with van der Waals surface area (Å²) < 4.78 is 40.9. The van der Waals surface area contributed by atoms with Crippen LogP contribution in [0.4, 0.5) is 4.39 Å². The predicted octanol–water partition coefficient (Wildman–Crippen LogP) is 4.73. The van der Waals surface area contributed by atoms with Crippen LogP contribution < -0.4 is 5.73 Å². The number of halogens is 1. The molecule has 5 rings (SSSR count). The summed E-state index contributed by atoms with van der Waals surface area (Å²) in [6.07, 6.45) is 2.94. The lowest BCUT2D eigenvalue weighted by Crippen LogP contribution is -2.30. The van der Waals surface area contributed by atoms with Crippen LogP contribution in [0.15, 0.2) is 66.9 Å². The summed E-state index contributed by atoms with van der Waals surface area (Å²) in [6.45, 7) is 3.77. The molecule has 0 saturated carbocycles. The van der Waals surface area contributed by atoms with Gasteiger partial charge in [-0.1, -0.05) is 26.0 Å². The van der Waals surface area contributed by atoms with Crippen molar-refractivity contribution in [1.29, 1.82) is 0 Å². The third-order valence-corrected chi connectivity index (χ3v) is 7.58. The van der Waals surface area contributed by atoms with Crippen LogP contribution in [0.25, 0.3) is 38.6 Å². The van der Waals surface area contributed by atoms with Crippen LogP contribution in [-0.2, 0) is 15.3 Å². The van der Waals surface area contributed by atoms with Crippen LogP contribution in [0.3, 0.4) is 0 Å². The molecular weight excluding hydrogens is 479 g/mol. The van der Waals surface area contributed by atoms with Gasteiger partial charge in [0.1, 0.15) is 15.7 Å². The van der Waals surface area contributed by atoms with Gasteiger partial charge in [0.05, 0.1) is 23.0 Å². The van der Waals surface area contributed by atoms with Crippen LogP contribution in [0.1, 0.15) is 29.9 Å². The molecule has 3 N–H and O–H groups in total. The quantitative estimate of drug-likeness (QED) is 0.348. The molecule has 7 nitrogen and oxygen atoms in total. The Balaban J connectivity index is 1.95. The van der Waals surface area contributed by atoms with Crippen molar-refractivity contribution in [2.75, 3.05) is 12.0 Å². The predicted molar refractivity (Wildman–Crippen MR) is 140 cm³/mol. The Morgan fingerprint density at radius 2 is 1.75 bits per heavy atom. The first kappa shape index (κ1) is 23.7. The van der Waals surface area contributed by atoms with Gasteiger partial charge in [0.15, 0.2) is 0 Å². The number of carbonyl (C=O) groups is 1. The Kier molecular flexibility index (Phi) is 5.48. The number of rotatable bonds is 6. The van der Waals surface area contributed by atoms with Crippen molar-refractivity contribution < 1.29 is 17.6 Å². The number of hydrogen-bond donors (Lipinski definition) is 2. The van der Waals surface area contributed by atoms with Gasteiger partial charge in [0.2, 0.25) is 5.91 Å². The van der Waals surface area contributed by atoms with Gasteiger partial charge in [-0.3, -0.25) is 9.89 Å². The van der Waals surface area contributed by atoms with E-state index in [-0.39, 0.29) is 11.6 Å². The maximum atomic E-state index is 13.9. The monoisotopic (exact) mass is 504 g/mol. The number of fused-ring (bicyclic) bond motifs is 2. The van der Waals surface area contributed by atoms with E-state index in [1.54, 1.807) is 42.6 Å². The van der Waals surface area contributed by atoms with E-state index in [4.69, 9.17) is 5.73 Å². The number of sulfone groups is 1. The maximum absolute atomic E-state index is 13.9. The summed E-state index contributed by atoms with van der Waals surface area (Å²) in [5, 5.41) is 8.90. The third kappa shape index (κ3) is 4.15. The van der Waals surface area contributed by atoms with Crippen molar-refractivity contribution in [3.8, 4) is 16.8 Å². The molecule has 0 saturated heterocycles. The largest absolute Gasteiger partial charge is 0.366 e. The normalized spacial score (nSPS) is 12.4. The number of nitrogens with two attached hydrogens (primary N) is 1. The van der Waals surface area contributed by atoms with Crippen LogP contribution in [-0.4, -0.2) is 41.1 Å². The van der Waals surface area contributed by atoms with E-state index in [0.717, 1.165) is 38.6 Å². The van der Waals surface area contributed by atoms with E-state index in [1.165, 1.54) is 18.4 Å². The number of amides is 1. The number of benzene rings is 3. The lowest BCUT2D eigenvalue weighted by molar-refractivity contribution is 0.100. The molecule has 3 aromatic carbocycles. The molecule has 2 aromatic heterocycles. The highest BCUT2D eigenvalue weighted by atomic mass is 32.2. The minimum atomic E-state index is -3.37. The summed E-state index contributed by atoms with van der Waals surface area (Å²) in [6, 6.07) is 17.0. The molecule has 0 aliphatic rings. The zero-order valence-electron chi connectivity index (χ0n) is 20.0. The van der Waals surface area contributed by atoms with Crippen molar-refractivity contribution in [3.05, 3.63) is 83.9 Å². The molecule has 0 atom stereocenters. The molecule has 0 aliphatic carbocycles. The van der Waals surface area contributed by atoms with E-state index in [1.807, 2.05) is 30.5 Å². The molecule has 0 fully saturated rings. The molecule has 5 aromatic rings. The van der Waals surface area contributed by atoms with E-state index in [0.29, 0.717) is 11.3 Å². The van der Waals surface area contributed by atoms with Gasteiger partial charge in [0, 0.05) is 45.0 Å². The molecular formula is C27H25FN4O3S. The molecule has 36 heavy (non-hydrogen) atoms. The SMILES string of the molecule is CC(C)(CS(C)(=O)=O)c1c(-c2ccc(C(N)=O)cc2)c2cc3[nH]ncc3cc2n1-c1ccc(F)cc1. The van der Waals surface area contributed by atoms with E-state index in [2.05, 4.69) is 10.2 Å². The van der Waals surface area contributed by atoms with Crippen LogP contribution in [0.5, 0.6) is 0 Å². The molecule has 0 aliphatic heterocycles. The highest BCUT2D eigenvalue weighted by Crippen LogP contribution is 2.44. The van der Waals surface area contributed by atoms with E-state index >= 15 is 0 Å². The Morgan fingerprint density at radius 1 is 1.08 bits per heavy atom. The van der Waals surface area contributed by atoms with Crippen molar-refractivity contribution in [2.24, 2.45) is 5.73 Å². The van der Waals surface area contributed by atoms with E-state index < -0.39 is 21.2 Å². The number of aromatic nitrogens is 3. The van der Waals surface area contributed by atoms with Crippen molar-refractivity contribution >= 4 is 37.6 Å². The van der Waals surface area contributed by atoms with Crippen molar-refractivity contribution in [2.45, 2.75) is 19.3 Å². The third-order valence-electron chi connectivity index (χ3n) is 6.33. The van der Waals surface area contributed by atoms with Gasteiger partial charge in [0.25, 0.3) is 0 Å². The molecule has 0 unspecified atom stereocenters. The van der Waals surface area contributed by atoms with Gasteiger partial charge in [-0.25, -0.2) is 12.8 Å². The van der Waals surface area contributed by atoms with Crippen LogP contribution >= 0.6 is 0 Å². The molecule has 0 radical (unpaired) electrons. The first-order valence-corrected chi connectivity index (χ1v) is 13.4. The van der Waals surface area contributed by atoms with Crippen molar-refractivity contribution in [1.82, 2.24) is 14.8 Å². The highest BCUT2D eigenvalue weighted by Gasteiger charge is 2.34. The van der Waals surface area contributed by atoms with Crippen molar-refractivity contribution in [3.63, 3.8) is 0 Å². The first-order valence-electron chi connectivity index (χ1n) is 11.3. The molecule has 1 amide bonds. The molecule has 9 heteroatoms. The second-order valence-electron chi connectivity index (χ2n) is 9.76. The number of nitrogens with zero attached hydrogens (tertiary/aromatic N) is 2. The standard InChI is InChI=1S/C27H25FN4O3S/c1-27(2,15-36(3,34)35)25-24(16-4-6-17(7-5-16)26(29)33)21-13-22-18(14-30-31-22)12-23(21)32(25)20-10-8-19(28)9-11-20/h4-14H,15H2,1-3H3,(H2,29,33)(H,30,31). The van der Waals surface area contributed by atoms with Gasteiger partial charge >= 0.3 is 0 Å². The van der Waals surface area contributed by atoms with Gasteiger partial charge in [-0.15, -0.1) is 0 Å². The lowest BCUT2D eigenvalue weighted by atomic mass is 9.85. The van der Waals surface area contributed by atoms with E-state index in [9.17, 15) is 17.6 Å². The number of hydrogen-bond acceptors (Lipinski definition) is 4. The molecule has 0 bridgehead atoms. The fraction of sp³-hybridized carbons (Fsp3) is 0.185. The Morgan fingerprint density at radius 3 is 2.36 bits per heavy atom. The molecule has 0 spiro atoms. The average Bonchev–Trinajstić information content (AvgIpc) is 3.39. The van der Waals surface area contributed by atoms with Crippen LogP contribution in [0.2, 0.25) is 0 Å². The first-order chi connectivity index (χ1) is 16.9. The smallest absolute Gasteiger partial charge is 0.248 e. The zero-order chi connectivity index (χ0) is 25.8. The Bertz CT molecular complexity index is 1730. The Hall–Kier alpha value is -3.98. The second-order valence-corrected chi connectivity index (χ2v) is 11.9. The molecule has 2 heterocycles. The minimum absolute atomic E-state index is 0.108. The highest BCUT2D eigenvalue weighted by molar-refractivity contribution is 7.90. The van der Waals surface area contributed by atoms with Gasteiger partial charge in [-0.05, 0) is 54.1 Å². The van der Waals surface area contributed by atoms with Gasteiger partial charge < -0.3 is 10.3 Å². The van der Waals surface area contributed by atoms with Gasteiger partial charge in [-0.2, -0.15) is 5.10 Å². The number of primary amides is 1. The summed E-state index contributed by atoms with van der Waals surface area (Å²) in [4.78, 5) is 11.7. The number of nitrogens with one attached hydrogen (secondary N) is 1. The minimum Gasteiger partial charge on any atom is -0.366 e. The summed E-state index contributed by atoms with van der Waals surface area (Å²) >= 11 is 0. The fourth-order valence-electron chi connectivity index (χ4n) is 5.04. The fourth-order valence-corrected chi connectivity index (χ4v) is 6.49. The summed E-state index contributed by atoms with van der Waals surface area (Å²) in [7, 11) is -3.37. The molecule has 184 valence electrons. The summed E-state index contributed by atoms with van der Waals surface area (Å²) in [5.41, 5.74) is 9.68. The number of H-pyrrole nitrogens is 1. The average molecular weight is 505 g/mol. The number of aromatic amines is 1. The Labute approximate surface area is 207 Å². The maximum Gasteiger partial charge on any atom is 0.248 e. The summed E-state index contributed by atoms with van der Waals surface area (Å²) in [5.74, 6) is -1.01.